The van der Waals surface area contributed by atoms with E-state index < -0.39 is 6.10 Å². The predicted molar refractivity (Wildman–Crippen MR) is 75.4 cm³/mol. The van der Waals surface area contributed by atoms with Crippen LogP contribution in [0.2, 0.25) is 0 Å². The molecule has 106 valence electrons. The summed E-state index contributed by atoms with van der Waals surface area (Å²) in [6.45, 7) is 6.33. The van der Waals surface area contributed by atoms with Gasteiger partial charge in [0.2, 0.25) is 0 Å². The molecule has 1 aliphatic carbocycles. The minimum absolute atomic E-state index is 0.308. The number of halogens is 1. The molecule has 0 aliphatic heterocycles. The maximum Gasteiger partial charge on any atom is 0.128 e. The summed E-state index contributed by atoms with van der Waals surface area (Å²) < 4.78 is 13.6. The van der Waals surface area contributed by atoms with Gasteiger partial charge in [0, 0.05) is 24.7 Å². The van der Waals surface area contributed by atoms with Crippen molar-refractivity contribution in [2.45, 2.75) is 45.3 Å². The number of nitrogens with zero attached hydrogens (tertiary/aromatic N) is 1. The second kappa shape index (κ2) is 6.49. The topological polar surface area (TPSA) is 23.5 Å². The van der Waals surface area contributed by atoms with Crippen molar-refractivity contribution in [3.8, 4) is 0 Å². The van der Waals surface area contributed by atoms with Gasteiger partial charge in [-0.1, -0.05) is 32.0 Å². The van der Waals surface area contributed by atoms with Crippen LogP contribution in [0.1, 0.15) is 44.8 Å². The summed E-state index contributed by atoms with van der Waals surface area (Å²) in [6, 6.07) is 7.19. The van der Waals surface area contributed by atoms with Crippen molar-refractivity contribution < 1.29 is 9.50 Å². The summed E-state index contributed by atoms with van der Waals surface area (Å²) in [4.78, 5) is 2.44. The van der Waals surface area contributed by atoms with Crippen LogP contribution in [0.4, 0.5) is 4.39 Å². The second-order valence-electron chi connectivity index (χ2n) is 5.95. The number of hydrogen-bond acceptors (Lipinski definition) is 2. The molecule has 1 atom stereocenters. The molecule has 1 N–H and O–H groups in total. The number of aliphatic hydroxyl groups is 1. The van der Waals surface area contributed by atoms with Gasteiger partial charge in [0.05, 0.1) is 6.10 Å². The molecule has 2 nitrogen and oxygen atoms in total. The van der Waals surface area contributed by atoms with Crippen molar-refractivity contribution in [1.29, 1.82) is 0 Å². The van der Waals surface area contributed by atoms with Crippen LogP contribution >= 0.6 is 0 Å². The maximum absolute atomic E-state index is 13.6. The van der Waals surface area contributed by atoms with Gasteiger partial charge in [-0.15, -0.1) is 0 Å². The van der Waals surface area contributed by atoms with Crippen LogP contribution < -0.4 is 0 Å². The lowest BCUT2D eigenvalue weighted by molar-refractivity contribution is 0.131. The molecule has 1 aromatic rings. The van der Waals surface area contributed by atoms with Crippen LogP contribution in [0, 0.1) is 11.7 Å². The van der Waals surface area contributed by atoms with E-state index >= 15 is 0 Å². The van der Waals surface area contributed by atoms with Crippen LogP contribution in [0.3, 0.4) is 0 Å². The van der Waals surface area contributed by atoms with E-state index in [1.54, 1.807) is 18.2 Å². The Morgan fingerprint density at radius 3 is 2.58 bits per heavy atom. The lowest BCUT2D eigenvalue weighted by Gasteiger charge is -2.25. The molecule has 0 radical (unpaired) electrons. The standard InChI is InChI=1S/C16H24FNO/c1-12(2)11-18(13-7-8-13)10-9-16(19)14-5-3-4-6-15(14)17/h3-6,12-13,16,19H,7-11H2,1-2H3. The monoisotopic (exact) mass is 265 g/mol. The van der Waals surface area contributed by atoms with E-state index in [0.29, 0.717) is 23.9 Å². The summed E-state index contributed by atoms with van der Waals surface area (Å²) in [7, 11) is 0. The van der Waals surface area contributed by atoms with Gasteiger partial charge in [0.1, 0.15) is 5.82 Å². The maximum atomic E-state index is 13.6. The first-order valence-corrected chi connectivity index (χ1v) is 7.24. The first-order chi connectivity index (χ1) is 9.08. The average molecular weight is 265 g/mol. The van der Waals surface area contributed by atoms with E-state index in [1.165, 1.54) is 18.9 Å². The summed E-state index contributed by atoms with van der Waals surface area (Å²) in [6.07, 6.45) is 2.43. The second-order valence-corrected chi connectivity index (χ2v) is 5.95. The van der Waals surface area contributed by atoms with Crippen molar-refractivity contribution >= 4 is 0 Å². The van der Waals surface area contributed by atoms with Gasteiger partial charge in [0.25, 0.3) is 0 Å². The zero-order chi connectivity index (χ0) is 13.8. The number of aliphatic hydroxyl groups excluding tert-OH is 1. The Bertz CT molecular complexity index is 403. The SMILES string of the molecule is CC(C)CN(CCC(O)c1ccccc1F)C1CC1. The van der Waals surface area contributed by atoms with Gasteiger partial charge in [-0.05, 0) is 31.2 Å². The fourth-order valence-electron chi connectivity index (χ4n) is 2.52. The van der Waals surface area contributed by atoms with Crippen LogP contribution in [0.15, 0.2) is 24.3 Å². The van der Waals surface area contributed by atoms with E-state index in [4.69, 9.17) is 0 Å². The summed E-state index contributed by atoms with van der Waals surface area (Å²) in [5.74, 6) is 0.322. The smallest absolute Gasteiger partial charge is 0.128 e. The third-order valence-electron chi connectivity index (χ3n) is 3.62. The summed E-state index contributed by atoms with van der Waals surface area (Å²) in [5, 5.41) is 10.1. The molecule has 1 aliphatic rings. The molecule has 1 fully saturated rings. The fourth-order valence-corrected chi connectivity index (χ4v) is 2.52. The van der Waals surface area contributed by atoms with Crippen LogP contribution in [0.5, 0.6) is 0 Å². The lowest BCUT2D eigenvalue weighted by Crippen LogP contribution is -2.31. The van der Waals surface area contributed by atoms with E-state index in [1.807, 2.05) is 0 Å². The average Bonchev–Trinajstić information content (AvgIpc) is 3.18. The van der Waals surface area contributed by atoms with E-state index in [-0.39, 0.29) is 5.82 Å². The molecule has 0 heterocycles. The Morgan fingerprint density at radius 1 is 1.32 bits per heavy atom. The minimum Gasteiger partial charge on any atom is -0.388 e. The summed E-state index contributed by atoms with van der Waals surface area (Å²) in [5.41, 5.74) is 0.419. The molecule has 0 saturated heterocycles. The first-order valence-electron chi connectivity index (χ1n) is 7.24. The number of rotatable bonds is 7. The Morgan fingerprint density at radius 2 is 2.00 bits per heavy atom. The van der Waals surface area contributed by atoms with Crippen LogP contribution in [-0.2, 0) is 0 Å². The third kappa shape index (κ3) is 4.29. The lowest BCUT2D eigenvalue weighted by atomic mass is 10.1. The van der Waals surface area contributed by atoms with Gasteiger partial charge in [-0.25, -0.2) is 4.39 Å². The van der Waals surface area contributed by atoms with E-state index in [0.717, 1.165) is 13.1 Å². The van der Waals surface area contributed by atoms with E-state index in [9.17, 15) is 9.50 Å². The Labute approximate surface area is 115 Å². The minimum atomic E-state index is -0.699. The molecular formula is C16H24FNO. The molecule has 1 aromatic carbocycles. The molecule has 0 amide bonds. The van der Waals surface area contributed by atoms with Gasteiger partial charge in [-0.2, -0.15) is 0 Å². The van der Waals surface area contributed by atoms with Crippen LogP contribution in [-0.4, -0.2) is 29.1 Å². The third-order valence-corrected chi connectivity index (χ3v) is 3.62. The predicted octanol–water partition coefficient (Wildman–Crippen LogP) is 3.37. The van der Waals surface area contributed by atoms with Crippen molar-refractivity contribution in [1.82, 2.24) is 4.90 Å². The fraction of sp³-hybridized carbons (Fsp3) is 0.625. The van der Waals surface area contributed by atoms with Crippen molar-refractivity contribution in [2.24, 2.45) is 5.92 Å². The Hall–Kier alpha value is -0.930. The zero-order valence-electron chi connectivity index (χ0n) is 11.8. The van der Waals surface area contributed by atoms with Gasteiger partial charge in [-0.3, -0.25) is 0 Å². The van der Waals surface area contributed by atoms with Gasteiger partial charge < -0.3 is 10.0 Å². The molecule has 2 rings (SSSR count). The number of benzene rings is 1. The molecule has 19 heavy (non-hydrogen) atoms. The zero-order valence-corrected chi connectivity index (χ0v) is 11.8. The summed E-state index contributed by atoms with van der Waals surface area (Å²) >= 11 is 0. The quantitative estimate of drug-likeness (QED) is 0.817. The van der Waals surface area contributed by atoms with Crippen LogP contribution in [0.25, 0.3) is 0 Å². The Balaban J connectivity index is 1.88. The number of hydrogen-bond donors (Lipinski definition) is 1. The largest absolute Gasteiger partial charge is 0.388 e. The van der Waals surface area contributed by atoms with Gasteiger partial charge in [0.15, 0.2) is 0 Å². The van der Waals surface area contributed by atoms with Crippen molar-refractivity contribution in [3.63, 3.8) is 0 Å². The highest BCUT2D eigenvalue weighted by atomic mass is 19.1. The van der Waals surface area contributed by atoms with Gasteiger partial charge >= 0.3 is 0 Å². The molecule has 1 saturated carbocycles. The Kier molecular flexibility index (Phi) is 4.94. The highest BCUT2D eigenvalue weighted by molar-refractivity contribution is 5.19. The van der Waals surface area contributed by atoms with Crippen molar-refractivity contribution in [3.05, 3.63) is 35.6 Å². The highest BCUT2D eigenvalue weighted by Gasteiger charge is 2.29. The normalized spacial score (nSPS) is 17.2. The highest BCUT2D eigenvalue weighted by Crippen LogP contribution is 2.29. The molecule has 0 aromatic heterocycles. The van der Waals surface area contributed by atoms with Crippen molar-refractivity contribution in [2.75, 3.05) is 13.1 Å². The molecule has 1 unspecified atom stereocenters. The first kappa shape index (κ1) is 14.5. The molecule has 0 spiro atoms. The molecule has 0 bridgehead atoms. The molecule has 3 heteroatoms. The molecular weight excluding hydrogens is 241 g/mol. The van der Waals surface area contributed by atoms with E-state index in [2.05, 4.69) is 18.7 Å².